The average Bonchev–Trinajstić information content (AvgIpc) is 3.10. The molecule has 1 aromatic carbocycles. The van der Waals surface area contributed by atoms with Crippen molar-refractivity contribution >= 4 is 22.8 Å². The molecule has 0 fully saturated rings. The van der Waals surface area contributed by atoms with Crippen LogP contribution in [0.4, 0.5) is 24.8 Å². The van der Waals surface area contributed by atoms with E-state index in [-0.39, 0.29) is 23.7 Å². The Labute approximate surface area is 167 Å². The van der Waals surface area contributed by atoms with Gasteiger partial charge in [0.05, 0.1) is 35.8 Å². The van der Waals surface area contributed by atoms with Crippen LogP contribution >= 0.6 is 0 Å². The van der Waals surface area contributed by atoms with Crippen molar-refractivity contribution in [1.82, 2.24) is 24.5 Å². The van der Waals surface area contributed by atoms with Crippen LogP contribution in [0.1, 0.15) is 16.7 Å². The molecule has 0 aliphatic rings. The molecule has 3 heterocycles. The summed E-state index contributed by atoms with van der Waals surface area (Å²) >= 11 is 0. The Kier molecular flexibility index (Phi) is 4.46. The third-order valence-electron chi connectivity index (χ3n) is 4.46. The fourth-order valence-electron chi connectivity index (χ4n) is 3.07. The molecule has 8 nitrogen and oxygen atoms in total. The molecule has 4 rings (SSSR count). The van der Waals surface area contributed by atoms with Crippen LogP contribution in [0.5, 0.6) is 0 Å². The van der Waals surface area contributed by atoms with Crippen LogP contribution in [0.25, 0.3) is 22.6 Å². The summed E-state index contributed by atoms with van der Waals surface area (Å²) in [6.45, 7) is -0.00614. The van der Waals surface area contributed by atoms with Gasteiger partial charge in [-0.05, 0) is 23.8 Å². The molecule has 150 valence electrons. The van der Waals surface area contributed by atoms with E-state index in [4.69, 9.17) is 16.7 Å². The van der Waals surface area contributed by atoms with Crippen molar-refractivity contribution in [3.05, 3.63) is 59.5 Å². The van der Waals surface area contributed by atoms with Crippen LogP contribution in [0.3, 0.4) is 0 Å². The molecule has 30 heavy (non-hydrogen) atoms. The summed E-state index contributed by atoms with van der Waals surface area (Å²) in [6.07, 6.45) is -1.69. The number of fused-ring (bicyclic) bond motifs is 1. The van der Waals surface area contributed by atoms with Gasteiger partial charge in [-0.25, -0.2) is 9.97 Å². The van der Waals surface area contributed by atoms with Gasteiger partial charge in [-0.2, -0.15) is 23.4 Å². The largest absolute Gasteiger partial charge is 0.418 e. The number of rotatable bonds is 3. The molecule has 4 aromatic rings. The van der Waals surface area contributed by atoms with Crippen LogP contribution in [0.2, 0.25) is 0 Å². The molecule has 3 aromatic heterocycles. The molecule has 0 amide bonds. The van der Waals surface area contributed by atoms with Crippen LogP contribution in [0.15, 0.2) is 42.9 Å². The topological polar surface area (TPSA) is 132 Å². The van der Waals surface area contributed by atoms with Gasteiger partial charge < -0.3 is 16.0 Å². The Morgan fingerprint density at radius 3 is 2.63 bits per heavy atom. The number of anilines is 2. The van der Waals surface area contributed by atoms with E-state index in [1.54, 1.807) is 6.07 Å². The van der Waals surface area contributed by atoms with Gasteiger partial charge in [0.2, 0.25) is 5.95 Å². The fraction of sp³-hybridized carbons (Fsp3) is 0.105. The zero-order valence-electron chi connectivity index (χ0n) is 15.2. The maximum absolute atomic E-state index is 13.1. The highest BCUT2D eigenvalue weighted by molar-refractivity contribution is 5.87. The smallest absolute Gasteiger partial charge is 0.398 e. The Bertz CT molecular complexity index is 1300. The zero-order valence-corrected chi connectivity index (χ0v) is 15.2. The number of nitrogen functional groups attached to an aromatic ring is 2. The number of nitrogens with zero attached hydrogens (tertiary/aromatic N) is 6. The standard InChI is InChI=1S/C19H13F3N8/c20-19(21,22)12-3-1-2-11(14(12)24)8-30-9-27-16-15(28-18(25)29-17(16)30)13-6-10(7-23)4-5-26-13/h1-6,9H,8,24H2,(H2,25,28,29). The highest BCUT2D eigenvalue weighted by Crippen LogP contribution is 2.35. The summed E-state index contributed by atoms with van der Waals surface area (Å²) in [5.74, 6) is -0.0691. The minimum atomic E-state index is -4.56. The Hall–Kier alpha value is -4.20. The second-order valence-corrected chi connectivity index (χ2v) is 6.39. The van der Waals surface area contributed by atoms with E-state index in [1.165, 1.54) is 35.3 Å². The second-order valence-electron chi connectivity index (χ2n) is 6.39. The molecule has 0 unspecified atom stereocenters. The summed E-state index contributed by atoms with van der Waals surface area (Å²) in [5.41, 5.74) is 12.3. The monoisotopic (exact) mass is 410 g/mol. The number of nitrogens with two attached hydrogens (primary N) is 2. The first-order valence-electron chi connectivity index (χ1n) is 8.57. The summed E-state index contributed by atoms with van der Waals surface area (Å²) in [7, 11) is 0. The normalized spacial score (nSPS) is 11.5. The Morgan fingerprint density at radius 1 is 1.10 bits per heavy atom. The number of para-hydroxylation sites is 1. The SMILES string of the molecule is N#Cc1ccnc(-c2nc(N)nc3c2ncn3Cc2cccc(C(F)(F)F)c2N)c1. The lowest BCUT2D eigenvalue weighted by Gasteiger charge is -2.14. The van der Waals surface area contributed by atoms with Gasteiger partial charge in [-0.3, -0.25) is 4.98 Å². The Balaban J connectivity index is 1.82. The van der Waals surface area contributed by atoms with Gasteiger partial charge in [0.15, 0.2) is 5.65 Å². The predicted octanol–water partition coefficient (Wildman–Crippen LogP) is 2.99. The predicted molar refractivity (Wildman–Crippen MR) is 103 cm³/mol. The van der Waals surface area contributed by atoms with E-state index in [0.29, 0.717) is 28.1 Å². The van der Waals surface area contributed by atoms with E-state index < -0.39 is 11.7 Å². The second kappa shape index (κ2) is 7.00. The molecule has 11 heteroatoms. The van der Waals surface area contributed by atoms with Gasteiger partial charge in [0.1, 0.15) is 11.2 Å². The lowest BCUT2D eigenvalue weighted by Crippen LogP contribution is -2.12. The van der Waals surface area contributed by atoms with Crippen molar-refractivity contribution < 1.29 is 13.2 Å². The molecule has 0 aliphatic heterocycles. The fourth-order valence-corrected chi connectivity index (χ4v) is 3.07. The van der Waals surface area contributed by atoms with E-state index >= 15 is 0 Å². The molecule has 0 saturated heterocycles. The van der Waals surface area contributed by atoms with Crippen molar-refractivity contribution in [2.45, 2.75) is 12.7 Å². The number of hydrogen-bond donors (Lipinski definition) is 2. The summed E-state index contributed by atoms with van der Waals surface area (Å²) in [5, 5.41) is 9.10. The molecule has 0 radical (unpaired) electrons. The van der Waals surface area contributed by atoms with E-state index in [2.05, 4.69) is 19.9 Å². The third kappa shape index (κ3) is 3.35. The number of halogens is 3. The minimum absolute atomic E-state index is 0.00614. The quantitative estimate of drug-likeness (QED) is 0.496. The van der Waals surface area contributed by atoms with E-state index in [1.807, 2.05) is 6.07 Å². The summed E-state index contributed by atoms with van der Waals surface area (Å²) < 4.78 is 41.0. The number of nitriles is 1. The number of pyridine rings is 1. The maximum atomic E-state index is 13.1. The summed E-state index contributed by atoms with van der Waals surface area (Å²) in [6, 6.07) is 8.81. The lowest BCUT2D eigenvalue weighted by atomic mass is 10.1. The first kappa shape index (κ1) is 19.1. The van der Waals surface area contributed by atoms with Crippen molar-refractivity contribution in [2.75, 3.05) is 11.5 Å². The maximum Gasteiger partial charge on any atom is 0.418 e. The third-order valence-corrected chi connectivity index (χ3v) is 4.46. The average molecular weight is 410 g/mol. The number of benzene rings is 1. The molecule has 0 aliphatic carbocycles. The zero-order chi connectivity index (χ0) is 21.5. The first-order chi connectivity index (χ1) is 14.3. The van der Waals surface area contributed by atoms with Crippen molar-refractivity contribution in [1.29, 1.82) is 5.26 Å². The van der Waals surface area contributed by atoms with Crippen molar-refractivity contribution in [2.24, 2.45) is 0 Å². The molecule has 0 spiro atoms. The molecule has 4 N–H and O–H groups in total. The van der Waals surface area contributed by atoms with Gasteiger partial charge in [0, 0.05) is 11.9 Å². The molecular weight excluding hydrogens is 397 g/mol. The minimum Gasteiger partial charge on any atom is -0.398 e. The number of alkyl halides is 3. The number of imidazole rings is 1. The van der Waals surface area contributed by atoms with Crippen LogP contribution in [0, 0.1) is 11.3 Å². The highest BCUT2D eigenvalue weighted by Gasteiger charge is 2.33. The van der Waals surface area contributed by atoms with E-state index in [0.717, 1.165) is 6.07 Å². The lowest BCUT2D eigenvalue weighted by molar-refractivity contribution is -0.136. The molecular formula is C19H13F3N8. The van der Waals surface area contributed by atoms with Crippen molar-refractivity contribution in [3.8, 4) is 17.5 Å². The Morgan fingerprint density at radius 2 is 1.90 bits per heavy atom. The van der Waals surface area contributed by atoms with E-state index in [9.17, 15) is 13.2 Å². The van der Waals surface area contributed by atoms with Gasteiger partial charge in [-0.1, -0.05) is 12.1 Å². The molecule has 0 bridgehead atoms. The number of aromatic nitrogens is 5. The first-order valence-corrected chi connectivity index (χ1v) is 8.57. The highest BCUT2D eigenvalue weighted by atomic mass is 19.4. The van der Waals surface area contributed by atoms with Crippen LogP contribution < -0.4 is 11.5 Å². The van der Waals surface area contributed by atoms with Gasteiger partial charge in [-0.15, -0.1) is 0 Å². The number of hydrogen-bond acceptors (Lipinski definition) is 7. The molecule has 0 atom stereocenters. The van der Waals surface area contributed by atoms with Crippen LogP contribution in [-0.4, -0.2) is 24.5 Å². The molecule has 0 saturated carbocycles. The van der Waals surface area contributed by atoms with Gasteiger partial charge >= 0.3 is 6.18 Å². The van der Waals surface area contributed by atoms with Crippen molar-refractivity contribution in [3.63, 3.8) is 0 Å². The van der Waals surface area contributed by atoms with Crippen LogP contribution in [-0.2, 0) is 12.7 Å². The van der Waals surface area contributed by atoms with Gasteiger partial charge in [0.25, 0.3) is 0 Å². The summed E-state index contributed by atoms with van der Waals surface area (Å²) in [4.78, 5) is 16.8.